The van der Waals surface area contributed by atoms with Gasteiger partial charge in [-0.2, -0.15) is 4.39 Å². The van der Waals surface area contributed by atoms with Gasteiger partial charge in [0.2, 0.25) is 5.82 Å². The second-order valence-corrected chi connectivity index (χ2v) is 4.91. The molecular formula is C10H11F2NO3S. The minimum absolute atomic E-state index is 0.0616. The molecule has 0 fully saturated rings. The third-order valence-electron chi connectivity index (χ3n) is 2.04. The Bertz CT molecular complexity index is 428. The lowest BCUT2D eigenvalue weighted by Gasteiger charge is -2.09. The molecular weight excluding hydrogens is 252 g/mol. The Balaban J connectivity index is 3.08. The van der Waals surface area contributed by atoms with Crippen molar-refractivity contribution in [2.75, 3.05) is 6.61 Å². The minimum atomic E-state index is -1.19. The molecule has 1 unspecified atom stereocenters. The fourth-order valence-electron chi connectivity index (χ4n) is 1.27. The molecule has 0 bridgehead atoms. The summed E-state index contributed by atoms with van der Waals surface area (Å²) in [6, 6.07) is 1.42. The Morgan fingerprint density at radius 3 is 2.71 bits per heavy atom. The first kappa shape index (κ1) is 13.9. The van der Waals surface area contributed by atoms with Gasteiger partial charge in [-0.05, 0) is 12.5 Å². The molecule has 1 atom stereocenters. The van der Waals surface area contributed by atoms with E-state index in [1.165, 1.54) is 0 Å². The van der Waals surface area contributed by atoms with Crippen molar-refractivity contribution in [3.63, 3.8) is 0 Å². The van der Waals surface area contributed by atoms with Crippen molar-refractivity contribution in [1.82, 2.24) is 0 Å². The Morgan fingerprint density at radius 1 is 1.53 bits per heavy atom. The van der Waals surface area contributed by atoms with Crippen LogP contribution in [0.5, 0.6) is 0 Å². The van der Waals surface area contributed by atoms with E-state index in [9.17, 15) is 18.9 Å². The molecule has 0 saturated heterocycles. The van der Waals surface area contributed by atoms with Gasteiger partial charge in [-0.1, -0.05) is 6.92 Å². The molecule has 0 heterocycles. The first-order valence-electron chi connectivity index (χ1n) is 4.86. The number of nitro groups is 1. The molecule has 0 amide bonds. The number of benzene rings is 1. The SMILES string of the molecule is CC(CCO)Sc1cc(F)cc(F)c1[N+](=O)[O-]. The van der Waals surface area contributed by atoms with Gasteiger partial charge < -0.3 is 5.11 Å². The van der Waals surface area contributed by atoms with Crippen molar-refractivity contribution in [2.45, 2.75) is 23.5 Å². The van der Waals surface area contributed by atoms with Crippen molar-refractivity contribution in [1.29, 1.82) is 0 Å². The van der Waals surface area contributed by atoms with Gasteiger partial charge in [0.05, 0.1) is 9.82 Å². The van der Waals surface area contributed by atoms with Crippen LogP contribution in [0.25, 0.3) is 0 Å². The number of hydrogen-bond donors (Lipinski definition) is 1. The maximum atomic E-state index is 13.3. The van der Waals surface area contributed by atoms with E-state index in [1.807, 2.05) is 0 Å². The maximum Gasteiger partial charge on any atom is 0.318 e. The summed E-state index contributed by atoms with van der Waals surface area (Å²) in [5.41, 5.74) is -0.721. The van der Waals surface area contributed by atoms with E-state index in [1.54, 1.807) is 6.92 Å². The Kier molecular flexibility index (Phi) is 4.83. The molecule has 0 aliphatic heterocycles. The fraction of sp³-hybridized carbons (Fsp3) is 0.400. The zero-order valence-corrected chi connectivity index (χ0v) is 9.84. The molecule has 7 heteroatoms. The van der Waals surface area contributed by atoms with Crippen LogP contribution in [0.4, 0.5) is 14.5 Å². The van der Waals surface area contributed by atoms with Gasteiger partial charge in [-0.3, -0.25) is 10.1 Å². The van der Waals surface area contributed by atoms with E-state index >= 15 is 0 Å². The summed E-state index contributed by atoms with van der Waals surface area (Å²) in [5.74, 6) is -2.04. The van der Waals surface area contributed by atoms with Crippen LogP contribution >= 0.6 is 11.8 Å². The van der Waals surface area contributed by atoms with Crippen molar-refractivity contribution in [3.8, 4) is 0 Å². The van der Waals surface area contributed by atoms with E-state index in [4.69, 9.17) is 5.11 Å². The fourth-order valence-corrected chi connectivity index (χ4v) is 2.39. The molecule has 17 heavy (non-hydrogen) atoms. The highest BCUT2D eigenvalue weighted by atomic mass is 32.2. The van der Waals surface area contributed by atoms with Crippen LogP contribution in [0.15, 0.2) is 17.0 Å². The molecule has 1 rings (SSSR count). The summed E-state index contributed by atoms with van der Waals surface area (Å²) in [5, 5.41) is 19.2. The van der Waals surface area contributed by atoms with E-state index in [0.717, 1.165) is 17.8 Å². The lowest BCUT2D eigenvalue weighted by molar-refractivity contribution is -0.390. The molecule has 4 nitrogen and oxygen atoms in total. The van der Waals surface area contributed by atoms with Crippen molar-refractivity contribution >= 4 is 17.4 Å². The first-order valence-corrected chi connectivity index (χ1v) is 5.74. The van der Waals surface area contributed by atoms with Gasteiger partial charge in [0.25, 0.3) is 0 Å². The highest BCUT2D eigenvalue weighted by Gasteiger charge is 2.23. The van der Waals surface area contributed by atoms with E-state index in [-0.39, 0.29) is 16.8 Å². The molecule has 0 saturated carbocycles. The molecule has 1 N–H and O–H groups in total. The summed E-state index contributed by atoms with van der Waals surface area (Å²) in [6.07, 6.45) is 0.389. The summed E-state index contributed by atoms with van der Waals surface area (Å²) in [6.45, 7) is 1.63. The van der Waals surface area contributed by atoms with Crippen LogP contribution in [0, 0.1) is 21.7 Å². The molecule has 0 aliphatic carbocycles. The number of rotatable bonds is 5. The summed E-state index contributed by atoms with van der Waals surface area (Å²) >= 11 is 0.970. The Labute approximate surface area is 101 Å². The average Bonchev–Trinajstić information content (AvgIpc) is 2.15. The largest absolute Gasteiger partial charge is 0.396 e. The molecule has 1 aromatic rings. The first-order chi connectivity index (χ1) is 7.95. The highest BCUT2D eigenvalue weighted by molar-refractivity contribution is 8.00. The summed E-state index contributed by atoms with van der Waals surface area (Å²) in [7, 11) is 0. The summed E-state index contributed by atoms with van der Waals surface area (Å²) < 4.78 is 26.2. The average molecular weight is 263 g/mol. The third-order valence-corrected chi connectivity index (χ3v) is 3.24. The molecule has 94 valence electrons. The molecule has 0 aromatic heterocycles. The zero-order chi connectivity index (χ0) is 13.0. The maximum absolute atomic E-state index is 13.3. The summed E-state index contributed by atoms with van der Waals surface area (Å²) in [4.78, 5) is 9.74. The smallest absolute Gasteiger partial charge is 0.318 e. The Hall–Kier alpha value is -1.21. The monoisotopic (exact) mass is 263 g/mol. The van der Waals surface area contributed by atoms with E-state index in [0.29, 0.717) is 12.5 Å². The topological polar surface area (TPSA) is 63.4 Å². The second-order valence-electron chi connectivity index (χ2n) is 3.43. The van der Waals surface area contributed by atoms with E-state index in [2.05, 4.69) is 0 Å². The van der Waals surface area contributed by atoms with Gasteiger partial charge in [0, 0.05) is 17.9 Å². The second kappa shape index (κ2) is 5.92. The predicted octanol–water partition coefficient (Wildman–Crippen LogP) is 2.74. The quantitative estimate of drug-likeness (QED) is 0.504. The highest BCUT2D eigenvalue weighted by Crippen LogP contribution is 2.35. The number of thioether (sulfide) groups is 1. The standard InChI is InChI=1S/C10H11F2NO3S/c1-6(2-3-14)17-9-5-7(11)4-8(12)10(9)13(15)16/h4-6,14H,2-3H2,1H3. The molecule has 0 spiro atoms. The lowest BCUT2D eigenvalue weighted by Crippen LogP contribution is -2.02. The van der Waals surface area contributed by atoms with Crippen LogP contribution in [0.3, 0.4) is 0 Å². The Morgan fingerprint density at radius 2 is 2.18 bits per heavy atom. The number of aliphatic hydroxyl groups is 1. The van der Waals surface area contributed by atoms with Gasteiger partial charge in [0.1, 0.15) is 5.82 Å². The van der Waals surface area contributed by atoms with Crippen LogP contribution in [0.1, 0.15) is 13.3 Å². The van der Waals surface area contributed by atoms with Gasteiger partial charge in [-0.25, -0.2) is 4.39 Å². The van der Waals surface area contributed by atoms with Crippen LogP contribution < -0.4 is 0 Å². The number of aliphatic hydroxyl groups excluding tert-OH is 1. The van der Waals surface area contributed by atoms with Gasteiger partial charge >= 0.3 is 5.69 Å². The van der Waals surface area contributed by atoms with Crippen molar-refractivity contribution < 1.29 is 18.8 Å². The third kappa shape index (κ3) is 3.64. The molecule has 0 aliphatic rings. The molecule has 0 radical (unpaired) electrons. The number of halogens is 2. The molecule has 1 aromatic carbocycles. The van der Waals surface area contributed by atoms with Gasteiger partial charge in [-0.15, -0.1) is 11.8 Å². The normalized spacial score (nSPS) is 12.5. The number of nitrogens with zero attached hydrogens (tertiary/aromatic N) is 1. The minimum Gasteiger partial charge on any atom is -0.396 e. The lowest BCUT2D eigenvalue weighted by atomic mass is 10.3. The van der Waals surface area contributed by atoms with Crippen molar-refractivity contribution in [3.05, 3.63) is 33.9 Å². The number of hydrogen-bond acceptors (Lipinski definition) is 4. The van der Waals surface area contributed by atoms with Gasteiger partial charge in [0.15, 0.2) is 0 Å². The van der Waals surface area contributed by atoms with Crippen LogP contribution in [-0.2, 0) is 0 Å². The van der Waals surface area contributed by atoms with Crippen LogP contribution in [0.2, 0.25) is 0 Å². The van der Waals surface area contributed by atoms with E-state index < -0.39 is 22.2 Å². The zero-order valence-electron chi connectivity index (χ0n) is 9.02. The van der Waals surface area contributed by atoms with Crippen molar-refractivity contribution in [2.24, 2.45) is 0 Å². The number of nitro benzene ring substituents is 1. The van der Waals surface area contributed by atoms with Crippen LogP contribution in [-0.4, -0.2) is 21.9 Å². The predicted molar refractivity (Wildman–Crippen MR) is 60.0 cm³/mol.